The van der Waals surface area contributed by atoms with Crippen LogP contribution in [0.25, 0.3) is 0 Å². The normalized spacial score (nSPS) is 11.6. The van der Waals surface area contributed by atoms with Gasteiger partial charge in [0.2, 0.25) is 0 Å². The Balaban J connectivity index is 2.55. The monoisotopic (exact) mass is 299 g/mol. The lowest BCUT2D eigenvalue weighted by Crippen LogP contribution is -2.04. The number of benzene rings is 2. The summed E-state index contributed by atoms with van der Waals surface area (Å²) in [5, 5.41) is 21.7. The molecule has 0 aromatic heterocycles. The van der Waals surface area contributed by atoms with Gasteiger partial charge < -0.3 is 10.3 Å². The molecule has 0 bridgehead atoms. The topological polar surface area (TPSA) is 52.8 Å². The number of oxime groups is 1. The molecule has 0 amide bonds. The molecule has 19 heavy (non-hydrogen) atoms. The molecule has 98 valence electrons. The third-order valence-electron chi connectivity index (χ3n) is 2.53. The van der Waals surface area contributed by atoms with E-state index in [9.17, 15) is 9.50 Å². The highest BCUT2D eigenvalue weighted by Gasteiger charge is 2.16. The van der Waals surface area contributed by atoms with Crippen molar-refractivity contribution in [3.8, 4) is 5.75 Å². The molecule has 0 saturated heterocycles. The average molecular weight is 300 g/mol. The summed E-state index contributed by atoms with van der Waals surface area (Å²) in [6, 6.07) is 8.15. The molecule has 2 rings (SSSR count). The van der Waals surface area contributed by atoms with Gasteiger partial charge in [0.25, 0.3) is 0 Å². The maximum atomic E-state index is 12.9. The lowest BCUT2D eigenvalue weighted by molar-refractivity contribution is 0.319. The van der Waals surface area contributed by atoms with E-state index in [-0.39, 0.29) is 21.5 Å². The van der Waals surface area contributed by atoms with Gasteiger partial charge in [-0.3, -0.25) is 0 Å². The Kier molecular flexibility index (Phi) is 3.93. The van der Waals surface area contributed by atoms with Crippen LogP contribution in [0.1, 0.15) is 11.1 Å². The van der Waals surface area contributed by atoms with Gasteiger partial charge in [-0.15, -0.1) is 0 Å². The molecule has 0 unspecified atom stereocenters. The van der Waals surface area contributed by atoms with Crippen LogP contribution in [0.5, 0.6) is 5.75 Å². The Morgan fingerprint density at radius 2 is 1.63 bits per heavy atom. The van der Waals surface area contributed by atoms with Crippen molar-refractivity contribution in [3.63, 3.8) is 0 Å². The van der Waals surface area contributed by atoms with Gasteiger partial charge in [-0.1, -0.05) is 28.4 Å². The van der Waals surface area contributed by atoms with Crippen molar-refractivity contribution in [1.29, 1.82) is 0 Å². The second-order valence-electron chi connectivity index (χ2n) is 3.72. The molecule has 2 N–H and O–H groups in total. The first-order valence-corrected chi connectivity index (χ1v) is 5.95. The van der Waals surface area contributed by atoms with Gasteiger partial charge in [0.1, 0.15) is 22.3 Å². The molecule has 0 fully saturated rings. The molecule has 0 spiro atoms. The van der Waals surface area contributed by atoms with Crippen LogP contribution in [0.15, 0.2) is 41.6 Å². The zero-order valence-corrected chi connectivity index (χ0v) is 11.0. The van der Waals surface area contributed by atoms with Gasteiger partial charge in [-0.25, -0.2) is 4.39 Å². The third kappa shape index (κ3) is 2.64. The summed E-state index contributed by atoms with van der Waals surface area (Å²) in [5.41, 5.74) is 0.929. The van der Waals surface area contributed by atoms with Crippen molar-refractivity contribution in [2.45, 2.75) is 0 Å². The smallest absolute Gasteiger partial charge is 0.135 e. The summed E-state index contributed by atoms with van der Waals surface area (Å²) in [6.07, 6.45) is 0. The highest BCUT2D eigenvalue weighted by Crippen LogP contribution is 2.34. The van der Waals surface area contributed by atoms with E-state index in [0.717, 1.165) is 0 Å². The number of hydrogen-bond donors (Lipinski definition) is 2. The lowest BCUT2D eigenvalue weighted by Gasteiger charge is -2.09. The van der Waals surface area contributed by atoms with Crippen LogP contribution in [0.4, 0.5) is 4.39 Å². The summed E-state index contributed by atoms with van der Waals surface area (Å²) in [5.74, 6) is -0.581. The minimum Gasteiger partial charge on any atom is -0.506 e. The van der Waals surface area contributed by atoms with Gasteiger partial charge in [0, 0.05) is 11.1 Å². The molecule has 2 aromatic carbocycles. The molecule has 0 aliphatic heterocycles. The zero-order valence-electron chi connectivity index (χ0n) is 9.44. The number of halogens is 3. The van der Waals surface area contributed by atoms with Crippen molar-refractivity contribution in [2.24, 2.45) is 5.16 Å². The lowest BCUT2D eigenvalue weighted by atomic mass is 10.0. The Morgan fingerprint density at radius 1 is 1.00 bits per heavy atom. The van der Waals surface area contributed by atoms with Gasteiger partial charge >= 0.3 is 0 Å². The van der Waals surface area contributed by atoms with Crippen LogP contribution < -0.4 is 0 Å². The third-order valence-corrected chi connectivity index (χ3v) is 3.41. The minimum absolute atomic E-state index is 0.0394. The Morgan fingerprint density at radius 3 is 2.21 bits per heavy atom. The zero-order chi connectivity index (χ0) is 14.0. The molecular formula is C13H8Cl2FNO2. The van der Waals surface area contributed by atoms with Crippen LogP contribution in [0.2, 0.25) is 10.0 Å². The Hall–Kier alpha value is -1.78. The van der Waals surface area contributed by atoms with E-state index in [1.807, 2.05) is 0 Å². The number of phenolic OH excluding ortho intramolecular Hbond substituents is 1. The second-order valence-corrected chi connectivity index (χ2v) is 4.47. The fourth-order valence-electron chi connectivity index (χ4n) is 1.60. The number of aromatic hydroxyl groups is 1. The fraction of sp³-hybridized carbons (Fsp3) is 0. The summed E-state index contributed by atoms with van der Waals surface area (Å²) in [4.78, 5) is 0. The van der Waals surface area contributed by atoms with E-state index in [0.29, 0.717) is 11.1 Å². The first kappa shape index (κ1) is 13.6. The standard InChI is InChI=1S/C13H8Cl2FNO2/c14-11-9(5-6-10(18)12(11)15)13(17-19)7-1-3-8(16)4-2-7/h1-6,18-19H/b17-13+. The molecular weight excluding hydrogens is 292 g/mol. The van der Waals surface area contributed by atoms with Crippen LogP contribution >= 0.6 is 23.2 Å². The quantitative estimate of drug-likeness (QED) is 0.499. The van der Waals surface area contributed by atoms with Gasteiger partial charge in [0.15, 0.2) is 0 Å². The van der Waals surface area contributed by atoms with Crippen LogP contribution in [-0.2, 0) is 0 Å². The molecule has 0 aliphatic rings. The average Bonchev–Trinajstić information content (AvgIpc) is 2.41. The number of nitrogens with zero attached hydrogens (tertiary/aromatic N) is 1. The molecule has 2 aromatic rings. The summed E-state index contributed by atoms with van der Waals surface area (Å²) in [6.45, 7) is 0. The summed E-state index contributed by atoms with van der Waals surface area (Å²) >= 11 is 11.8. The molecule has 0 heterocycles. The number of rotatable bonds is 2. The SMILES string of the molecule is O/N=C(\c1ccc(F)cc1)c1ccc(O)c(Cl)c1Cl. The van der Waals surface area contributed by atoms with E-state index in [2.05, 4.69) is 5.16 Å². The second kappa shape index (κ2) is 5.47. The van der Waals surface area contributed by atoms with E-state index < -0.39 is 5.82 Å². The first-order chi connectivity index (χ1) is 9.04. The van der Waals surface area contributed by atoms with Crippen LogP contribution in [0, 0.1) is 5.82 Å². The minimum atomic E-state index is -0.407. The molecule has 0 aliphatic carbocycles. The Bertz CT molecular complexity index is 642. The van der Waals surface area contributed by atoms with Crippen molar-refractivity contribution in [1.82, 2.24) is 0 Å². The molecule has 6 heteroatoms. The van der Waals surface area contributed by atoms with Gasteiger partial charge in [0.05, 0.1) is 5.02 Å². The van der Waals surface area contributed by atoms with E-state index in [1.54, 1.807) is 0 Å². The van der Waals surface area contributed by atoms with Gasteiger partial charge in [-0.05, 0) is 36.4 Å². The van der Waals surface area contributed by atoms with E-state index in [1.165, 1.54) is 36.4 Å². The van der Waals surface area contributed by atoms with Crippen molar-refractivity contribution < 1.29 is 14.7 Å². The van der Waals surface area contributed by atoms with Crippen LogP contribution in [0.3, 0.4) is 0 Å². The highest BCUT2D eigenvalue weighted by molar-refractivity contribution is 6.45. The van der Waals surface area contributed by atoms with E-state index >= 15 is 0 Å². The number of hydrogen-bond acceptors (Lipinski definition) is 3. The van der Waals surface area contributed by atoms with Gasteiger partial charge in [-0.2, -0.15) is 0 Å². The summed E-state index contributed by atoms with van der Waals surface area (Å²) in [7, 11) is 0. The van der Waals surface area contributed by atoms with Crippen molar-refractivity contribution >= 4 is 28.9 Å². The number of phenols is 1. The summed E-state index contributed by atoms with van der Waals surface area (Å²) < 4.78 is 12.9. The Labute approximate surface area is 118 Å². The van der Waals surface area contributed by atoms with Crippen molar-refractivity contribution in [3.05, 3.63) is 63.4 Å². The van der Waals surface area contributed by atoms with E-state index in [4.69, 9.17) is 28.4 Å². The maximum Gasteiger partial charge on any atom is 0.135 e. The fourth-order valence-corrected chi connectivity index (χ4v) is 2.01. The maximum absolute atomic E-state index is 12.9. The first-order valence-electron chi connectivity index (χ1n) is 5.20. The largest absolute Gasteiger partial charge is 0.506 e. The predicted octanol–water partition coefficient (Wildman–Crippen LogP) is 4.06. The molecule has 3 nitrogen and oxygen atoms in total. The van der Waals surface area contributed by atoms with Crippen molar-refractivity contribution in [2.75, 3.05) is 0 Å². The molecule has 0 radical (unpaired) electrons. The molecule has 0 atom stereocenters. The van der Waals surface area contributed by atoms with Crippen LogP contribution in [-0.4, -0.2) is 16.0 Å². The predicted molar refractivity (Wildman–Crippen MR) is 72.0 cm³/mol. The molecule has 0 saturated carbocycles. The highest BCUT2D eigenvalue weighted by atomic mass is 35.5.